The molecular weight excluding hydrogens is 262 g/mol. The molecule has 1 aromatic carbocycles. The minimum absolute atomic E-state index is 0.356. The van der Waals surface area contributed by atoms with Crippen LogP contribution in [0.25, 0.3) is 0 Å². The number of hydrogen-bond acceptors (Lipinski definition) is 4. The largest absolute Gasteiger partial charge is 0.316 e. The Labute approximate surface area is 116 Å². The number of hydrogen-bond donors (Lipinski definition) is 2. The standard InChI is InChI=1S/C13H23N3O2S/c1-14-11-12-7-4-5-8-13(12)19(17,18)15-9-6-10-16(2)3/h4-5,7-8,14-15H,6,9-11H2,1-3H3. The smallest absolute Gasteiger partial charge is 0.240 e. The summed E-state index contributed by atoms with van der Waals surface area (Å²) in [5, 5.41) is 2.98. The molecule has 0 heterocycles. The highest BCUT2D eigenvalue weighted by atomic mass is 32.2. The van der Waals surface area contributed by atoms with Gasteiger partial charge in [0.1, 0.15) is 0 Å². The maximum atomic E-state index is 12.2. The molecule has 108 valence electrons. The molecule has 2 N–H and O–H groups in total. The predicted molar refractivity (Wildman–Crippen MR) is 77.6 cm³/mol. The first kappa shape index (κ1) is 16.1. The SMILES string of the molecule is CNCc1ccccc1S(=O)(=O)NCCCN(C)C. The number of nitrogens with zero attached hydrogens (tertiary/aromatic N) is 1. The maximum Gasteiger partial charge on any atom is 0.240 e. The monoisotopic (exact) mass is 285 g/mol. The molecule has 0 atom stereocenters. The Hall–Kier alpha value is -0.950. The van der Waals surface area contributed by atoms with Gasteiger partial charge in [0.2, 0.25) is 10.0 Å². The van der Waals surface area contributed by atoms with Gasteiger partial charge in [0, 0.05) is 13.1 Å². The van der Waals surface area contributed by atoms with E-state index in [0.29, 0.717) is 18.0 Å². The van der Waals surface area contributed by atoms with Crippen molar-refractivity contribution < 1.29 is 8.42 Å². The Balaban J connectivity index is 2.71. The van der Waals surface area contributed by atoms with Crippen molar-refractivity contribution in [2.24, 2.45) is 0 Å². The van der Waals surface area contributed by atoms with Gasteiger partial charge in [-0.1, -0.05) is 18.2 Å². The van der Waals surface area contributed by atoms with Crippen LogP contribution in [-0.4, -0.2) is 47.6 Å². The van der Waals surface area contributed by atoms with Crippen LogP contribution in [0.1, 0.15) is 12.0 Å². The van der Waals surface area contributed by atoms with E-state index in [4.69, 9.17) is 0 Å². The van der Waals surface area contributed by atoms with E-state index in [1.165, 1.54) is 0 Å². The lowest BCUT2D eigenvalue weighted by Gasteiger charge is -2.12. The highest BCUT2D eigenvalue weighted by molar-refractivity contribution is 7.89. The first-order valence-electron chi connectivity index (χ1n) is 6.34. The highest BCUT2D eigenvalue weighted by Crippen LogP contribution is 2.14. The van der Waals surface area contributed by atoms with Crippen LogP contribution in [0.4, 0.5) is 0 Å². The first-order valence-corrected chi connectivity index (χ1v) is 7.82. The maximum absolute atomic E-state index is 12.2. The number of nitrogens with one attached hydrogen (secondary N) is 2. The highest BCUT2D eigenvalue weighted by Gasteiger charge is 2.16. The summed E-state index contributed by atoms with van der Waals surface area (Å²) in [4.78, 5) is 2.39. The summed E-state index contributed by atoms with van der Waals surface area (Å²) in [6, 6.07) is 7.05. The lowest BCUT2D eigenvalue weighted by atomic mass is 10.2. The Morgan fingerprint density at radius 3 is 2.53 bits per heavy atom. The molecule has 0 unspecified atom stereocenters. The van der Waals surface area contributed by atoms with Crippen molar-refractivity contribution in [3.8, 4) is 0 Å². The lowest BCUT2D eigenvalue weighted by Crippen LogP contribution is -2.28. The Bertz CT molecular complexity index is 486. The zero-order valence-corrected chi connectivity index (χ0v) is 12.6. The van der Waals surface area contributed by atoms with Crippen molar-refractivity contribution in [2.75, 3.05) is 34.2 Å². The molecule has 6 heteroatoms. The molecule has 0 aliphatic rings. The second kappa shape index (κ2) is 7.59. The van der Waals surface area contributed by atoms with Gasteiger partial charge < -0.3 is 10.2 Å². The second-order valence-electron chi connectivity index (χ2n) is 4.69. The van der Waals surface area contributed by atoms with Crippen molar-refractivity contribution >= 4 is 10.0 Å². The van der Waals surface area contributed by atoms with E-state index >= 15 is 0 Å². The Morgan fingerprint density at radius 2 is 1.89 bits per heavy atom. The summed E-state index contributed by atoms with van der Waals surface area (Å²) in [6.45, 7) is 1.85. The lowest BCUT2D eigenvalue weighted by molar-refractivity contribution is 0.400. The summed E-state index contributed by atoms with van der Waals surface area (Å²) in [6.07, 6.45) is 0.792. The molecule has 0 aliphatic heterocycles. The van der Waals surface area contributed by atoms with Crippen LogP contribution in [0.5, 0.6) is 0 Å². The van der Waals surface area contributed by atoms with E-state index < -0.39 is 10.0 Å². The number of sulfonamides is 1. The van der Waals surface area contributed by atoms with Crippen LogP contribution in [0, 0.1) is 0 Å². The number of benzene rings is 1. The Morgan fingerprint density at radius 1 is 1.21 bits per heavy atom. The summed E-state index contributed by atoms with van der Waals surface area (Å²) in [7, 11) is 2.32. The molecule has 19 heavy (non-hydrogen) atoms. The van der Waals surface area contributed by atoms with E-state index in [9.17, 15) is 8.42 Å². The van der Waals surface area contributed by atoms with E-state index in [0.717, 1.165) is 18.5 Å². The third-order valence-electron chi connectivity index (χ3n) is 2.70. The quantitative estimate of drug-likeness (QED) is 0.688. The molecule has 0 radical (unpaired) electrons. The predicted octanol–water partition coefficient (Wildman–Crippen LogP) is 0.636. The third kappa shape index (κ3) is 5.28. The molecule has 0 bridgehead atoms. The van der Waals surface area contributed by atoms with Gasteiger partial charge in [-0.05, 0) is 45.7 Å². The summed E-state index contributed by atoms with van der Waals surface area (Å²) < 4.78 is 27.1. The van der Waals surface area contributed by atoms with Gasteiger partial charge in [-0.2, -0.15) is 0 Å². The van der Waals surface area contributed by atoms with Crippen LogP contribution in [0.2, 0.25) is 0 Å². The first-order chi connectivity index (χ1) is 8.97. The van der Waals surface area contributed by atoms with Gasteiger partial charge in [0.15, 0.2) is 0 Å². The minimum atomic E-state index is -3.42. The van der Waals surface area contributed by atoms with E-state index in [-0.39, 0.29) is 0 Å². The molecule has 0 saturated carbocycles. The van der Waals surface area contributed by atoms with Gasteiger partial charge in [-0.15, -0.1) is 0 Å². The molecule has 0 saturated heterocycles. The van der Waals surface area contributed by atoms with Gasteiger partial charge in [0.05, 0.1) is 4.90 Å². The molecule has 0 aliphatic carbocycles. The summed E-state index contributed by atoms with van der Waals surface area (Å²) in [5.74, 6) is 0. The molecule has 0 amide bonds. The average molecular weight is 285 g/mol. The topological polar surface area (TPSA) is 61.4 Å². The zero-order chi connectivity index (χ0) is 14.3. The zero-order valence-electron chi connectivity index (χ0n) is 11.8. The molecule has 0 aromatic heterocycles. The molecular formula is C13H23N3O2S. The van der Waals surface area contributed by atoms with Crippen LogP contribution in [-0.2, 0) is 16.6 Å². The van der Waals surface area contributed by atoms with Crippen LogP contribution < -0.4 is 10.0 Å². The van der Waals surface area contributed by atoms with Crippen molar-refractivity contribution in [3.05, 3.63) is 29.8 Å². The van der Waals surface area contributed by atoms with E-state index in [1.807, 2.05) is 31.1 Å². The van der Waals surface area contributed by atoms with Crippen molar-refractivity contribution in [3.63, 3.8) is 0 Å². The van der Waals surface area contributed by atoms with E-state index in [2.05, 4.69) is 10.0 Å². The fourth-order valence-corrected chi connectivity index (χ4v) is 3.09. The van der Waals surface area contributed by atoms with Crippen LogP contribution >= 0.6 is 0 Å². The van der Waals surface area contributed by atoms with Gasteiger partial charge in [-0.25, -0.2) is 13.1 Å². The molecule has 5 nitrogen and oxygen atoms in total. The molecule has 1 rings (SSSR count). The van der Waals surface area contributed by atoms with Crippen molar-refractivity contribution in [2.45, 2.75) is 17.9 Å². The Kier molecular flexibility index (Phi) is 6.44. The summed E-state index contributed by atoms with van der Waals surface area (Å²) in [5.41, 5.74) is 0.783. The number of rotatable bonds is 8. The summed E-state index contributed by atoms with van der Waals surface area (Å²) >= 11 is 0. The second-order valence-corrected chi connectivity index (χ2v) is 6.43. The van der Waals surface area contributed by atoms with Gasteiger partial charge in [0.25, 0.3) is 0 Å². The fourth-order valence-electron chi connectivity index (χ4n) is 1.78. The minimum Gasteiger partial charge on any atom is -0.316 e. The third-order valence-corrected chi connectivity index (χ3v) is 4.27. The van der Waals surface area contributed by atoms with Crippen LogP contribution in [0.15, 0.2) is 29.2 Å². The molecule has 1 aromatic rings. The van der Waals surface area contributed by atoms with Crippen molar-refractivity contribution in [1.29, 1.82) is 0 Å². The molecule has 0 fully saturated rings. The van der Waals surface area contributed by atoms with Gasteiger partial charge >= 0.3 is 0 Å². The van der Waals surface area contributed by atoms with Gasteiger partial charge in [-0.3, -0.25) is 0 Å². The average Bonchev–Trinajstić information content (AvgIpc) is 2.35. The van der Waals surface area contributed by atoms with Crippen molar-refractivity contribution in [1.82, 2.24) is 14.9 Å². The normalized spacial score (nSPS) is 12.0. The fraction of sp³-hybridized carbons (Fsp3) is 0.538. The van der Waals surface area contributed by atoms with E-state index in [1.54, 1.807) is 19.2 Å². The molecule has 0 spiro atoms. The van der Waals surface area contributed by atoms with Crippen LogP contribution in [0.3, 0.4) is 0 Å².